The van der Waals surface area contributed by atoms with Crippen LogP contribution in [0.5, 0.6) is 0 Å². The number of pyridine rings is 1. The first-order valence-electron chi connectivity index (χ1n) is 4.32. The van der Waals surface area contributed by atoms with Gasteiger partial charge in [0.15, 0.2) is 5.69 Å². The number of hydrogen-bond acceptors (Lipinski definition) is 3. The Labute approximate surface area is 82.8 Å². The molecule has 0 aliphatic heterocycles. The van der Waals surface area contributed by atoms with Gasteiger partial charge < -0.3 is 10.8 Å². The van der Waals surface area contributed by atoms with Gasteiger partial charge in [-0.3, -0.25) is 0 Å². The molecular formula is C10H14N2O2. The molecule has 0 atom stereocenters. The first-order valence-corrected chi connectivity index (χ1v) is 4.32. The molecule has 1 heterocycles. The van der Waals surface area contributed by atoms with Crippen LogP contribution in [0.1, 0.15) is 37.0 Å². The molecule has 0 unspecified atom stereocenters. The fourth-order valence-corrected chi connectivity index (χ4v) is 1.06. The van der Waals surface area contributed by atoms with Crippen LogP contribution in [0.4, 0.5) is 5.69 Å². The average Bonchev–Trinajstić information content (AvgIpc) is 2.02. The number of aromatic carboxylic acids is 1. The second kappa shape index (κ2) is 3.29. The van der Waals surface area contributed by atoms with Crippen molar-refractivity contribution in [1.29, 1.82) is 0 Å². The number of carboxylic acids is 1. The zero-order chi connectivity index (χ0) is 10.9. The Morgan fingerprint density at radius 2 is 2.00 bits per heavy atom. The van der Waals surface area contributed by atoms with E-state index in [-0.39, 0.29) is 16.8 Å². The van der Waals surface area contributed by atoms with Gasteiger partial charge in [-0.1, -0.05) is 20.8 Å². The quantitative estimate of drug-likeness (QED) is 0.712. The normalized spacial score (nSPS) is 11.4. The van der Waals surface area contributed by atoms with Crippen molar-refractivity contribution in [3.63, 3.8) is 0 Å². The first-order chi connectivity index (χ1) is 6.32. The van der Waals surface area contributed by atoms with E-state index < -0.39 is 5.97 Å². The largest absolute Gasteiger partial charge is 0.476 e. The Balaban J connectivity index is 3.27. The van der Waals surface area contributed by atoms with E-state index in [1.165, 1.54) is 0 Å². The minimum atomic E-state index is -1.09. The van der Waals surface area contributed by atoms with Crippen LogP contribution in [-0.2, 0) is 5.41 Å². The molecule has 4 heteroatoms. The lowest BCUT2D eigenvalue weighted by molar-refractivity contribution is 0.0691. The maximum atomic E-state index is 10.8. The average molecular weight is 194 g/mol. The van der Waals surface area contributed by atoms with E-state index in [0.717, 1.165) is 5.69 Å². The second-order valence-electron chi connectivity index (χ2n) is 4.19. The molecule has 0 saturated heterocycles. The van der Waals surface area contributed by atoms with Gasteiger partial charge in [0.2, 0.25) is 0 Å². The Morgan fingerprint density at radius 3 is 2.43 bits per heavy atom. The van der Waals surface area contributed by atoms with Crippen LogP contribution >= 0.6 is 0 Å². The monoisotopic (exact) mass is 194 g/mol. The Morgan fingerprint density at radius 1 is 1.43 bits per heavy atom. The number of rotatable bonds is 1. The fraction of sp³-hybridized carbons (Fsp3) is 0.400. The summed E-state index contributed by atoms with van der Waals surface area (Å²) in [5, 5.41) is 8.81. The number of hydrogen-bond donors (Lipinski definition) is 2. The number of carboxylic acid groups (broad SMARTS) is 1. The highest BCUT2D eigenvalue weighted by molar-refractivity contribution is 5.91. The van der Waals surface area contributed by atoms with Crippen LogP contribution in [0.3, 0.4) is 0 Å². The van der Waals surface area contributed by atoms with Crippen molar-refractivity contribution in [3.05, 3.63) is 23.5 Å². The molecule has 1 aromatic heterocycles. The van der Waals surface area contributed by atoms with Gasteiger partial charge >= 0.3 is 5.97 Å². The molecule has 0 aromatic carbocycles. The van der Waals surface area contributed by atoms with Gasteiger partial charge in [-0.15, -0.1) is 0 Å². The van der Waals surface area contributed by atoms with Crippen molar-refractivity contribution in [2.75, 3.05) is 5.73 Å². The lowest BCUT2D eigenvalue weighted by atomic mass is 9.91. The minimum absolute atomic E-state index is 0.0718. The van der Waals surface area contributed by atoms with Crippen LogP contribution in [0.15, 0.2) is 12.1 Å². The van der Waals surface area contributed by atoms with Gasteiger partial charge in [0.25, 0.3) is 0 Å². The Hall–Kier alpha value is -1.58. The molecule has 1 aromatic rings. The molecule has 0 spiro atoms. The van der Waals surface area contributed by atoms with E-state index in [2.05, 4.69) is 4.98 Å². The molecule has 0 aliphatic carbocycles. The van der Waals surface area contributed by atoms with E-state index in [1.807, 2.05) is 20.8 Å². The molecular weight excluding hydrogens is 180 g/mol. The molecule has 0 bridgehead atoms. The van der Waals surface area contributed by atoms with Gasteiger partial charge in [-0.05, 0) is 12.1 Å². The van der Waals surface area contributed by atoms with E-state index in [4.69, 9.17) is 10.8 Å². The maximum absolute atomic E-state index is 10.8. The number of nitrogen functional groups attached to an aromatic ring is 1. The zero-order valence-corrected chi connectivity index (χ0v) is 8.53. The van der Waals surface area contributed by atoms with Gasteiger partial charge in [-0.2, -0.15) is 0 Å². The molecule has 14 heavy (non-hydrogen) atoms. The summed E-state index contributed by atoms with van der Waals surface area (Å²) < 4.78 is 0. The summed E-state index contributed by atoms with van der Waals surface area (Å²) in [7, 11) is 0. The lowest BCUT2D eigenvalue weighted by Gasteiger charge is -2.18. The highest BCUT2D eigenvalue weighted by atomic mass is 16.4. The maximum Gasteiger partial charge on any atom is 0.356 e. The predicted octanol–water partition coefficient (Wildman–Crippen LogP) is 1.66. The summed E-state index contributed by atoms with van der Waals surface area (Å²) in [6.07, 6.45) is 0. The topological polar surface area (TPSA) is 76.2 Å². The van der Waals surface area contributed by atoms with E-state index >= 15 is 0 Å². The van der Waals surface area contributed by atoms with Crippen molar-refractivity contribution >= 4 is 11.7 Å². The summed E-state index contributed by atoms with van der Waals surface area (Å²) in [6, 6.07) is 3.33. The molecule has 0 fully saturated rings. The van der Waals surface area contributed by atoms with Crippen LogP contribution in [0.25, 0.3) is 0 Å². The standard InChI is InChI=1S/C10H14N2O2/c1-10(2,3)7-5-4-6(11)8(12-7)9(13)14/h4-5H,11H2,1-3H3,(H,13,14). The van der Waals surface area contributed by atoms with Gasteiger partial charge in [0.05, 0.1) is 5.69 Å². The number of aromatic nitrogens is 1. The van der Waals surface area contributed by atoms with Crippen LogP contribution < -0.4 is 5.73 Å². The lowest BCUT2D eigenvalue weighted by Crippen LogP contribution is -2.17. The summed E-state index contributed by atoms with van der Waals surface area (Å²) in [5.74, 6) is -1.09. The summed E-state index contributed by atoms with van der Waals surface area (Å²) in [5.41, 5.74) is 6.18. The minimum Gasteiger partial charge on any atom is -0.476 e. The summed E-state index contributed by atoms with van der Waals surface area (Å²) >= 11 is 0. The molecule has 1 rings (SSSR count). The number of carbonyl (C=O) groups is 1. The Kier molecular flexibility index (Phi) is 2.47. The predicted molar refractivity (Wildman–Crippen MR) is 54.3 cm³/mol. The van der Waals surface area contributed by atoms with Crippen molar-refractivity contribution < 1.29 is 9.90 Å². The van der Waals surface area contributed by atoms with E-state index in [9.17, 15) is 4.79 Å². The molecule has 0 amide bonds. The third-order valence-corrected chi connectivity index (χ3v) is 1.90. The van der Waals surface area contributed by atoms with E-state index in [1.54, 1.807) is 12.1 Å². The molecule has 4 nitrogen and oxygen atoms in total. The summed E-state index contributed by atoms with van der Waals surface area (Å²) in [6.45, 7) is 5.91. The smallest absolute Gasteiger partial charge is 0.356 e. The molecule has 0 radical (unpaired) electrons. The number of nitrogens with two attached hydrogens (primary N) is 1. The highest BCUT2D eigenvalue weighted by Crippen LogP contribution is 2.22. The number of nitrogens with zero attached hydrogens (tertiary/aromatic N) is 1. The third-order valence-electron chi connectivity index (χ3n) is 1.90. The van der Waals surface area contributed by atoms with Crippen LogP contribution in [-0.4, -0.2) is 16.1 Å². The van der Waals surface area contributed by atoms with Crippen molar-refractivity contribution in [2.24, 2.45) is 0 Å². The van der Waals surface area contributed by atoms with Crippen molar-refractivity contribution in [2.45, 2.75) is 26.2 Å². The third kappa shape index (κ3) is 2.02. The van der Waals surface area contributed by atoms with Crippen molar-refractivity contribution in [1.82, 2.24) is 4.98 Å². The molecule has 3 N–H and O–H groups in total. The van der Waals surface area contributed by atoms with Gasteiger partial charge in [0.1, 0.15) is 0 Å². The first kappa shape index (κ1) is 10.5. The number of anilines is 1. The fourth-order valence-electron chi connectivity index (χ4n) is 1.06. The van der Waals surface area contributed by atoms with Crippen LogP contribution in [0.2, 0.25) is 0 Å². The zero-order valence-electron chi connectivity index (χ0n) is 8.53. The van der Waals surface area contributed by atoms with E-state index in [0.29, 0.717) is 0 Å². The second-order valence-corrected chi connectivity index (χ2v) is 4.19. The van der Waals surface area contributed by atoms with Gasteiger partial charge in [0, 0.05) is 11.1 Å². The molecule has 0 saturated carbocycles. The highest BCUT2D eigenvalue weighted by Gasteiger charge is 2.18. The Bertz CT molecular complexity index is 367. The SMILES string of the molecule is CC(C)(C)c1ccc(N)c(C(=O)O)n1. The van der Waals surface area contributed by atoms with Crippen LogP contribution in [0, 0.1) is 0 Å². The summed E-state index contributed by atoms with van der Waals surface area (Å²) in [4.78, 5) is 14.8. The van der Waals surface area contributed by atoms with Crippen molar-refractivity contribution in [3.8, 4) is 0 Å². The molecule has 76 valence electrons. The molecule has 0 aliphatic rings. The van der Waals surface area contributed by atoms with Gasteiger partial charge in [-0.25, -0.2) is 9.78 Å².